The van der Waals surface area contributed by atoms with Gasteiger partial charge in [0.15, 0.2) is 0 Å². The molecule has 0 unspecified atom stereocenters. The summed E-state index contributed by atoms with van der Waals surface area (Å²) in [5.41, 5.74) is 1.38. The predicted molar refractivity (Wildman–Crippen MR) is 67.1 cm³/mol. The van der Waals surface area contributed by atoms with Gasteiger partial charge in [0.1, 0.15) is 5.69 Å². The first kappa shape index (κ1) is 14.2. The van der Waals surface area contributed by atoms with Gasteiger partial charge in [-0.3, -0.25) is 14.3 Å². The van der Waals surface area contributed by atoms with Gasteiger partial charge in [0.2, 0.25) is 0 Å². The van der Waals surface area contributed by atoms with Gasteiger partial charge in [-0.15, -0.1) is 0 Å². The Morgan fingerprint density at radius 1 is 1.20 bits per heavy atom. The average Bonchev–Trinajstić information content (AvgIpc) is 2.31. The van der Waals surface area contributed by atoms with E-state index in [0.717, 1.165) is 6.07 Å². The lowest BCUT2D eigenvalue weighted by molar-refractivity contribution is -0.143. The third-order valence-electron chi connectivity index (χ3n) is 2.47. The third kappa shape index (κ3) is 2.55. The van der Waals surface area contributed by atoms with E-state index < -0.39 is 23.1 Å². The molecule has 2 rings (SSSR count). The van der Waals surface area contributed by atoms with Crippen molar-refractivity contribution in [2.75, 3.05) is 5.73 Å². The van der Waals surface area contributed by atoms with Crippen LogP contribution in [0.4, 0.5) is 18.9 Å². The fourth-order valence-corrected chi connectivity index (χ4v) is 1.82. The van der Waals surface area contributed by atoms with E-state index in [1.54, 1.807) is 4.98 Å². The Bertz CT molecular complexity index is 780. The summed E-state index contributed by atoms with van der Waals surface area (Å²) < 4.78 is 39.1. The Hall–Kier alpha value is -2.22. The van der Waals surface area contributed by atoms with Crippen molar-refractivity contribution in [1.82, 2.24) is 9.55 Å². The van der Waals surface area contributed by atoms with Crippen molar-refractivity contribution >= 4 is 17.3 Å². The van der Waals surface area contributed by atoms with Gasteiger partial charge in [-0.2, -0.15) is 13.2 Å². The summed E-state index contributed by atoms with van der Waals surface area (Å²) in [6.45, 7) is 0. The first-order valence-electron chi connectivity index (χ1n) is 5.19. The molecule has 0 aliphatic heterocycles. The third-order valence-corrected chi connectivity index (χ3v) is 2.70. The number of nitrogens with zero attached hydrogens (tertiary/aromatic N) is 1. The molecule has 0 radical (unpaired) electrons. The Kier molecular flexibility index (Phi) is 3.34. The minimum Gasteiger partial charge on any atom is -0.397 e. The molecule has 0 amide bonds. The van der Waals surface area contributed by atoms with Gasteiger partial charge < -0.3 is 5.73 Å². The van der Waals surface area contributed by atoms with Gasteiger partial charge >= 0.3 is 11.9 Å². The molecule has 106 valence electrons. The summed E-state index contributed by atoms with van der Waals surface area (Å²) in [5.74, 6) is 0. The highest BCUT2D eigenvalue weighted by molar-refractivity contribution is 6.30. The first-order chi connectivity index (χ1) is 9.20. The maximum atomic E-state index is 12.9. The Morgan fingerprint density at radius 3 is 2.45 bits per heavy atom. The molecule has 0 spiro atoms. The fourth-order valence-electron chi connectivity index (χ4n) is 1.65. The number of rotatable bonds is 1. The SMILES string of the molecule is Nc1ccc(Cl)cc1-n1c(C(F)(F)F)cc(=O)[nH]c1=O. The van der Waals surface area contributed by atoms with Crippen molar-refractivity contribution < 1.29 is 13.2 Å². The molecule has 0 saturated heterocycles. The molecule has 0 atom stereocenters. The van der Waals surface area contributed by atoms with Gasteiger partial charge in [0.25, 0.3) is 5.56 Å². The van der Waals surface area contributed by atoms with Crippen LogP contribution in [-0.4, -0.2) is 9.55 Å². The number of hydrogen-bond acceptors (Lipinski definition) is 3. The normalized spacial score (nSPS) is 11.6. The van der Waals surface area contributed by atoms with Gasteiger partial charge in [-0.1, -0.05) is 11.6 Å². The minimum atomic E-state index is -4.90. The van der Waals surface area contributed by atoms with Crippen LogP contribution in [0.3, 0.4) is 0 Å². The maximum absolute atomic E-state index is 12.9. The highest BCUT2D eigenvalue weighted by atomic mass is 35.5. The standard InChI is InChI=1S/C11H7ClF3N3O2/c12-5-1-2-6(16)7(3-5)18-8(11(13,14)15)4-9(19)17-10(18)20/h1-4H,16H2,(H,17,19,20). The van der Waals surface area contributed by atoms with Gasteiger partial charge in [0.05, 0.1) is 11.4 Å². The summed E-state index contributed by atoms with van der Waals surface area (Å²) in [6.07, 6.45) is -4.90. The van der Waals surface area contributed by atoms with E-state index in [2.05, 4.69) is 0 Å². The second-order valence-corrected chi connectivity index (χ2v) is 4.30. The molecule has 5 nitrogen and oxygen atoms in total. The van der Waals surface area contributed by atoms with E-state index in [1.807, 2.05) is 0 Å². The fraction of sp³-hybridized carbons (Fsp3) is 0.0909. The lowest BCUT2D eigenvalue weighted by atomic mass is 10.2. The monoisotopic (exact) mass is 305 g/mol. The highest BCUT2D eigenvalue weighted by Gasteiger charge is 2.36. The van der Waals surface area contributed by atoms with Crippen molar-refractivity contribution in [3.8, 4) is 5.69 Å². The Morgan fingerprint density at radius 2 is 1.85 bits per heavy atom. The second-order valence-electron chi connectivity index (χ2n) is 3.86. The highest BCUT2D eigenvalue weighted by Crippen LogP contribution is 2.31. The number of nitrogen functional groups attached to an aromatic ring is 1. The van der Waals surface area contributed by atoms with E-state index >= 15 is 0 Å². The molecule has 9 heteroatoms. The van der Waals surface area contributed by atoms with Crippen LogP contribution in [0.1, 0.15) is 5.69 Å². The average molecular weight is 306 g/mol. The molecule has 1 aromatic carbocycles. The van der Waals surface area contributed by atoms with E-state index in [-0.39, 0.29) is 27.0 Å². The second kappa shape index (κ2) is 4.71. The van der Waals surface area contributed by atoms with E-state index in [4.69, 9.17) is 17.3 Å². The van der Waals surface area contributed by atoms with Crippen LogP contribution in [0.15, 0.2) is 33.9 Å². The zero-order chi connectivity index (χ0) is 15.1. The molecular weight excluding hydrogens is 299 g/mol. The number of benzene rings is 1. The Balaban J connectivity index is 2.90. The van der Waals surface area contributed by atoms with Crippen molar-refractivity contribution in [2.24, 2.45) is 0 Å². The molecule has 20 heavy (non-hydrogen) atoms. The molecule has 0 aliphatic rings. The first-order valence-corrected chi connectivity index (χ1v) is 5.57. The molecule has 3 N–H and O–H groups in total. The number of anilines is 1. The van der Waals surface area contributed by atoms with Crippen molar-refractivity contribution in [1.29, 1.82) is 0 Å². The number of alkyl halides is 3. The summed E-state index contributed by atoms with van der Waals surface area (Å²) >= 11 is 5.69. The molecule has 0 fully saturated rings. The lowest BCUT2D eigenvalue weighted by Gasteiger charge is -2.16. The van der Waals surface area contributed by atoms with Crippen molar-refractivity contribution in [3.63, 3.8) is 0 Å². The number of nitrogens with one attached hydrogen (secondary N) is 1. The van der Waals surface area contributed by atoms with Crippen LogP contribution in [-0.2, 0) is 6.18 Å². The smallest absolute Gasteiger partial charge is 0.397 e. The van der Waals surface area contributed by atoms with Crippen LogP contribution < -0.4 is 17.0 Å². The molecular formula is C11H7ClF3N3O2. The number of hydrogen-bond donors (Lipinski definition) is 2. The summed E-state index contributed by atoms with van der Waals surface area (Å²) in [4.78, 5) is 24.5. The number of H-pyrrole nitrogens is 1. The van der Waals surface area contributed by atoms with E-state index in [9.17, 15) is 22.8 Å². The summed E-state index contributed by atoms with van der Waals surface area (Å²) in [7, 11) is 0. The van der Waals surface area contributed by atoms with Gasteiger partial charge in [-0.25, -0.2) is 4.79 Å². The Labute approximate surface area is 114 Å². The zero-order valence-corrected chi connectivity index (χ0v) is 10.4. The topological polar surface area (TPSA) is 80.9 Å². The molecule has 0 aliphatic carbocycles. The van der Waals surface area contributed by atoms with Crippen molar-refractivity contribution in [3.05, 3.63) is 55.8 Å². The molecule has 2 aromatic rings. The minimum absolute atomic E-state index is 0.0888. The summed E-state index contributed by atoms with van der Waals surface area (Å²) in [6, 6.07) is 4.01. The predicted octanol–water partition coefficient (Wildman–Crippen LogP) is 1.78. The quantitative estimate of drug-likeness (QED) is 0.788. The van der Waals surface area contributed by atoms with Crippen LogP contribution in [0.5, 0.6) is 0 Å². The maximum Gasteiger partial charge on any atom is 0.432 e. The van der Waals surface area contributed by atoms with Crippen LogP contribution >= 0.6 is 11.6 Å². The van der Waals surface area contributed by atoms with E-state index in [1.165, 1.54) is 12.1 Å². The van der Waals surface area contributed by atoms with Crippen LogP contribution in [0.2, 0.25) is 5.02 Å². The van der Waals surface area contributed by atoms with E-state index in [0.29, 0.717) is 0 Å². The number of halogens is 4. The number of nitrogens with two attached hydrogens (primary N) is 1. The van der Waals surface area contributed by atoms with Crippen LogP contribution in [0.25, 0.3) is 5.69 Å². The lowest BCUT2D eigenvalue weighted by Crippen LogP contribution is -2.34. The molecule has 1 heterocycles. The van der Waals surface area contributed by atoms with Crippen LogP contribution in [0, 0.1) is 0 Å². The molecule has 0 bridgehead atoms. The number of aromatic amines is 1. The zero-order valence-electron chi connectivity index (χ0n) is 9.66. The van der Waals surface area contributed by atoms with Crippen molar-refractivity contribution in [2.45, 2.75) is 6.18 Å². The molecule has 1 aromatic heterocycles. The molecule has 0 saturated carbocycles. The van der Waals surface area contributed by atoms with Gasteiger partial charge in [0, 0.05) is 11.1 Å². The van der Waals surface area contributed by atoms with Gasteiger partial charge in [-0.05, 0) is 18.2 Å². The number of aromatic nitrogens is 2. The summed E-state index contributed by atoms with van der Waals surface area (Å²) in [5, 5.41) is 0.0976. The largest absolute Gasteiger partial charge is 0.432 e.